The second-order valence-corrected chi connectivity index (χ2v) is 8.26. The largest absolute Gasteiger partial charge is 0.494 e. The molecule has 1 nitrogen and oxygen atoms in total. The van der Waals surface area contributed by atoms with Crippen molar-refractivity contribution in [1.82, 2.24) is 0 Å². The van der Waals surface area contributed by atoms with Gasteiger partial charge in [0.15, 0.2) is 17.5 Å². The van der Waals surface area contributed by atoms with Gasteiger partial charge in [-0.25, -0.2) is 13.2 Å². The van der Waals surface area contributed by atoms with Gasteiger partial charge in [-0.05, 0) is 54.7 Å². The van der Waals surface area contributed by atoms with E-state index in [9.17, 15) is 17.6 Å². The van der Waals surface area contributed by atoms with Crippen LogP contribution < -0.4 is 0 Å². The molecule has 2 rings (SSSR count). The van der Waals surface area contributed by atoms with E-state index < -0.39 is 29.0 Å². The zero-order chi connectivity index (χ0) is 24.7. The molecule has 0 bridgehead atoms. The van der Waals surface area contributed by atoms with Gasteiger partial charge < -0.3 is 4.74 Å². The van der Waals surface area contributed by atoms with Gasteiger partial charge in [-0.15, -0.1) is 0 Å². The summed E-state index contributed by atoms with van der Waals surface area (Å²) in [6, 6.07) is 3.24. The van der Waals surface area contributed by atoms with Crippen LogP contribution in [-0.4, -0.2) is 7.11 Å². The number of allylic oxidation sites excluding steroid dienone is 9. The molecule has 5 heteroatoms. The number of halogens is 4. The van der Waals surface area contributed by atoms with E-state index in [2.05, 4.69) is 38.0 Å². The minimum Gasteiger partial charge on any atom is -0.494 e. The normalized spacial score (nSPS) is 16.8. The summed E-state index contributed by atoms with van der Waals surface area (Å²) >= 11 is 0. The SMILES string of the molecule is C=C(/C=C\C(=C)C(=C)/C(F)=C(/F)C(=C)OC)CCc1ccc(C2=CCC(C)CC2)c(F)c1F. The molecule has 0 saturated carbocycles. The smallest absolute Gasteiger partial charge is 0.200 e. The third kappa shape index (κ3) is 6.70. The monoisotopic (exact) mass is 458 g/mol. The molecule has 1 aromatic carbocycles. The zero-order valence-electron chi connectivity index (χ0n) is 19.2. The van der Waals surface area contributed by atoms with Crippen molar-refractivity contribution in [2.75, 3.05) is 7.11 Å². The van der Waals surface area contributed by atoms with Gasteiger partial charge in [0.2, 0.25) is 5.83 Å². The summed E-state index contributed by atoms with van der Waals surface area (Å²) in [4.78, 5) is 0. The first-order valence-corrected chi connectivity index (χ1v) is 10.8. The van der Waals surface area contributed by atoms with Gasteiger partial charge >= 0.3 is 0 Å². The summed E-state index contributed by atoms with van der Waals surface area (Å²) in [6.45, 7) is 16.4. The van der Waals surface area contributed by atoms with Crippen molar-refractivity contribution in [3.8, 4) is 0 Å². The van der Waals surface area contributed by atoms with Crippen molar-refractivity contribution in [3.63, 3.8) is 0 Å². The standard InChI is InChI=1S/C28H30F4O/c1-17(7-11-19(3)20(4)25(29)26(30)21(5)33-6)10-14-23-15-16-24(28(32)27(23)31)22-12-8-18(2)9-13-22/h7,11-12,15-16,18H,1,3-5,8-10,13-14H2,2,6H3/b11-7-,26-25-. The first-order chi connectivity index (χ1) is 15.6. The first kappa shape index (κ1) is 26.2. The number of benzene rings is 1. The average molecular weight is 459 g/mol. The lowest BCUT2D eigenvalue weighted by Gasteiger charge is -2.19. The summed E-state index contributed by atoms with van der Waals surface area (Å²) in [5.41, 5.74) is 1.90. The Hall–Kier alpha value is -3.08. The minimum atomic E-state index is -1.25. The van der Waals surface area contributed by atoms with E-state index in [-0.39, 0.29) is 23.1 Å². The maximum Gasteiger partial charge on any atom is 0.200 e. The lowest BCUT2D eigenvalue weighted by Crippen LogP contribution is -2.05. The van der Waals surface area contributed by atoms with Crippen LogP contribution in [0.2, 0.25) is 0 Å². The molecule has 1 unspecified atom stereocenters. The van der Waals surface area contributed by atoms with Crippen LogP contribution in [0.5, 0.6) is 0 Å². The third-order valence-electron chi connectivity index (χ3n) is 5.75. The second-order valence-electron chi connectivity index (χ2n) is 8.26. The molecule has 0 N–H and O–H groups in total. The summed E-state index contributed by atoms with van der Waals surface area (Å²) in [6.07, 6.45) is 8.15. The van der Waals surface area contributed by atoms with E-state index >= 15 is 0 Å². The van der Waals surface area contributed by atoms with Crippen molar-refractivity contribution >= 4 is 5.57 Å². The predicted molar refractivity (Wildman–Crippen MR) is 128 cm³/mol. The molecule has 0 amide bonds. The van der Waals surface area contributed by atoms with E-state index in [0.717, 1.165) is 24.8 Å². The van der Waals surface area contributed by atoms with Crippen LogP contribution in [-0.2, 0) is 11.2 Å². The summed E-state index contributed by atoms with van der Waals surface area (Å²) < 4.78 is 61.8. The molecule has 0 radical (unpaired) electrons. The highest BCUT2D eigenvalue weighted by molar-refractivity contribution is 5.67. The van der Waals surface area contributed by atoms with Crippen molar-refractivity contribution in [2.45, 2.75) is 39.0 Å². The Morgan fingerprint density at radius 3 is 2.36 bits per heavy atom. The van der Waals surface area contributed by atoms with Gasteiger partial charge in [0.25, 0.3) is 0 Å². The fraction of sp³-hybridized carbons (Fsp3) is 0.286. The fourth-order valence-corrected chi connectivity index (χ4v) is 3.42. The molecule has 0 heterocycles. The fourth-order valence-electron chi connectivity index (χ4n) is 3.42. The van der Waals surface area contributed by atoms with Crippen LogP contribution in [0.25, 0.3) is 5.57 Å². The lowest BCUT2D eigenvalue weighted by atomic mass is 9.87. The van der Waals surface area contributed by atoms with Crippen molar-refractivity contribution in [2.24, 2.45) is 5.92 Å². The van der Waals surface area contributed by atoms with Gasteiger partial charge in [-0.3, -0.25) is 0 Å². The molecule has 0 aliphatic heterocycles. The van der Waals surface area contributed by atoms with Gasteiger partial charge in [-0.2, -0.15) is 4.39 Å². The highest BCUT2D eigenvalue weighted by Crippen LogP contribution is 2.33. The van der Waals surface area contributed by atoms with Crippen molar-refractivity contribution < 1.29 is 22.3 Å². The maximum absolute atomic E-state index is 14.7. The Balaban J connectivity index is 2.01. The van der Waals surface area contributed by atoms with Gasteiger partial charge in [0.05, 0.1) is 7.11 Å². The first-order valence-electron chi connectivity index (χ1n) is 10.8. The van der Waals surface area contributed by atoms with Crippen LogP contribution in [0, 0.1) is 17.6 Å². The lowest BCUT2D eigenvalue weighted by molar-refractivity contribution is 0.281. The number of methoxy groups -OCH3 is 1. The number of ether oxygens (including phenoxy) is 1. The van der Waals surface area contributed by atoms with Crippen molar-refractivity contribution in [1.29, 1.82) is 0 Å². The Bertz CT molecular complexity index is 1060. The minimum absolute atomic E-state index is 0.129. The Kier molecular flexibility index (Phi) is 9.27. The van der Waals surface area contributed by atoms with Gasteiger partial charge in [0, 0.05) is 11.1 Å². The van der Waals surface area contributed by atoms with E-state index in [4.69, 9.17) is 0 Å². The Morgan fingerprint density at radius 1 is 1.06 bits per heavy atom. The molecule has 176 valence electrons. The Morgan fingerprint density at radius 2 is 1.76 bits per heavy atom. The molecule has 1 aliphatic carbocycles. The van der Waals surface area contributed by atoms with E-state index in [0.29, 0.717) is 23.5 Å². The molecule has 0 spiro atoms. The highest BCUT2D eigenvalue weighted by atomic mass is 19.2. The van der Waals surface area contributed by atoms with E-state index in [1.165, 1.54) is 13.2 Å². The molecule has 1 aliphatic rings. The second kappa shape index (κ2) is 11.7. The zero-order valence-corrected chi connectivity index (χ0v) is 19.2. The predicted octanol–water partition coefficient (Wildman–Crippen LogP) is 8.64. The summed E-state index contributed by atoms with van der Waals surface area (Å²) in [7, 11) is 1.17. The number of hydrogen-bond acceptors (Lipinski definition) is 1. The maximum atomic E-state index is 14.7. The van der Waals surface area contributed by atoms with Gasteiger partial charge in [0.1, 0.15) is 5.76 Å². The number of hydrogen-bond donors (Lipinski definition) is 0. The van der Waals surface area contributed by atoms with Gasteiger partial charge in [-0.1, -0.05) is 69.2 Å². The van der Waals surface area contributed by atoms with Crippen LogP contribution in [0.1, 0.15) is 43.7 Å². The molecule has 0 saturated heterocycles. The molecule has 33 heavy (non-hydrogen) atoms. The molecular formula is C28H30F4O. The molecule has 0 fully saturated rings. The topological polar surface area (TPSA) is 9.23 Å². The third-order valence-corrected chi connectivity index (χ3v) is 5.75. The van der Waals surface area contributed by atoms with Crippen LogP contribution in [0.4, 0.5) is 17.6 Å². The highest BCUT2D eigenvalue weighted by Gasteiger charge is 2.19. The molecule has 1 atom stereocenters. The average Bonchev–Trinajstić information content (AvgIpc) is 2.82. The number of rotatable bonds is 10. The molecular weight excluding hydrogens is 428 g/mol. The molecule has 1 aromatic rings. The summed E-state index contributed by atoms with van der Waals surface area (Å²) in [5, 5.41) is 0. The number of aryl methyl sites for hydroxylation is 1. The van der Waals surface area contributed by atoms with Crippen molar-refractivity contribution in [3.05, 3.63) is 114 Å². The quantitative estimate of drug-likeness (QED) is 0.194. The Labute approximate surface area is 193 Å². The van der Waals surface area contributed by atoms with E-state index in [1.54, 1.807) is 18.2 Å². The van der Waals surface area contributed by atoms with Crippen LogP contribution >= 0.6 is 0 Å². The molecule has 0 aromatic heterocycles. The van der Waals surface area contributed by atoms with E-state index in [1.807, 2.05) is 6.08 Å². The summed E-state index contributed by atoms with van der Waals surface area (Å²) in [5.74, 6) is -4.03. The van der Waals surface area contributed by atoms with Crippen LogP contribution in [0.3, 0.4) is 0 Å². The van der Waals surface area contributed by atoms with Crippen LogP contribution in [0.15, 0.2) is 90.8 Å².